The summed E-state index contributed by atoms with van der Waals surface area (Å²) < 4.78 is 1.59. The minimum atomic E-state index is -0.121. The lowest BCUT2D eigenvalue weighted by Crippen LogP contribution is -2.45. The third-order valence-corrected chi connectivity index (χ3v) is 6.09. The first-order chi connectivity index (χ1) is 13.8. The van der Waals surface area contributed by atoms with Crippen molar-refractivity contribution in [1.82, 2.24) is 20.0 Å². The minimum absolute atomic E-state index is 0.0520. The Morgan fingerprint density at radius 2 is 1.76 bits per heavy atom. The average Bonchev–Trinajstić information content (AvgIpc) is 3.02. The van der Waals surface area contributed by atoms with Crippen LogP contribution in [-0.2, 0) is 4.79 Å². The number of carbonyl (C=O) groups is 2. The normalized spacial score (nSPS) is 16.1. The Morgan fingerprint density at radius 1 is 1.14 bits per heavy atom. The number of hydrogen-bond acceptors (Lipinski definition) is 3. The van der Waals surface area contributed by atoms with Crippen molar-refractivity contribution >= 4 is 23.4 Å². The van der Waals surface area contributed by atoms with Crippen LogP contribution in [0.25, 0.3) is 5.69 Å². The number of benzene rings is 1. The molecular formula is C22H29ClN4O2. The summed E-state index contributed by atoms with van der Waals surface area (Å²) in [5, 5.41) is 7.87. The molecule has 0 saturated carbocycles. The maximum Gasteiger partial charge on any atom is 0.258 e. The summed E-state index contributed by atoms with van der Waals surface area (Å²) in [6, 6.07) is 9.67. The van der Waals surface area contributed by atoms with Gasteiger partial charge in [-0.2, -0.15) is 5.10 Å². The van der Waals surface area contributed by atoms with Crippen LogP contribution in [0.3, 0.4) is 0 Å². The Labute approximate surface area is 177 Å². The van der Waals surface area contributed by atoms with Crippen molar-refractivity contribution < 1.29 is 9.59 Å². The Kier molecular flexibility index (Phi) is 6.63. The van der Waals surface area contributed by atoms with Crippen LogP contribution in [0.2, 0.25) is 5.15 Å². The van der Waals surface area contributed by atoms with Crippen LogP contribution >= 0.6 is 11.6 Å². The van der Waals surface area contributed by atoms with Gasteiger partial charge in [-0.25, -0.2) is 4.68 Å². The molecule has 29 heavy (non-hydrogen) atoms. The van der Waals surface area contributed by atoms with Gasteiger partial charge in [-0.15, -0.1) is 0 Å². The summed E-state index contributed by atoms with van der Waals surface area (Å²) in [7, 11) is 0. The Balaban J connectivity index is 1.67. The van der Waals surface area contributed by atoms with E-state index in [0.717, 1.165) is 5.69 Å². The smallest absolute Gasteiger partial charge is 0.258 e. The standard InChI is InChI=1S/C22H29ClN4O2/c1-14(2)15(3)24-21(28)17-10-12-26(13-11-17)22(29)19-16(4)25-27(20(19)23)18-8-6-5-7-9-18/h5-9,14-15,17H,10-13H2,1-4H3,(H,24,28). The number of carbonyl (C=O) groups excluding carboxylic acids is 2. The van der Waals surface area contributed by atoms with E-state index in [-0.39, 0.29) is 23.8 Å². The van der Waals surface area contributed by atoms with Gasteiger partial charge in [0.25, 0.3) is 5.91 Å². The predicted molar refractivity (Wildman–Crippen MR) is 114 cm³/mol. The molecule has 1 N–H and O–H groups in total. The van der Waals surface area contributed by atoms with Crippen LogP contribution in [0.4, 0.5) is 0 Å². The molecule has 1 atom stereocenters. The van der Waals surface area contributed by atoms with Crippen molar-refractivity contribution in [2.24, 2.45) is 11.8 Å². The molecule has 1 aliphatic heterocycles. The van der Waals surface area contributed by atoms with Crippen molar-refractivity contribution in [2.45, 2.75) is 46.6 Å². The van der Waals surface area contributed by atoms with Gasteiger partial charge in [-0.05, 0) is 44.7 Å². The first kappa shape index (κ1) is 21.4. The number of rotatable bonds is 5. The lowest BCUT2D eigenvalue weighted by Gasteiger charge is -2.32. The first-order valence-electron chi connectivity index (χ1n) is 10.2. The van der Waals surface area contributed by atoms with E-state index in [1.807, 2.05) is 37.3 Å². The van der Waals surface area contributed by atoms with Crippen molar-refractivity contribution in [3.05, 3.63) is 46.7 Å². The van der Waals surface area contributed by atoms with Crippen molar-refractivity contribution in [1.29, 1.82) is 0 Å². The number of piperidine rings is 1. The largest absolute Gasteiger partial charge is 0.353 e. The van der Waals surface area contributed by atoms with Gasteiger partial charge in [0, 0.05) is 25.0 Å². The number of hydrogen-bond donors (Lipinski definition) is 1. The van der Waals surface area contributed by atoms with Crippen LogP contribution in [0.5, 0.6) is 0 Å². The molecule has 1 aromatic heterocycles. The predicted octanol–water partition coefficient (Wildman–Crippen LogP) is 3.85. The second-order valence-corrected chi connectivity index (χ2v) is 8.46. The lowest BCUT2D eigenvalue weighted by atomic mass is 9.94. The number of nitrogens with one attached hydrogen (secondary N) is 1. The van der Waals surface area contributed by atoms with E-state index in [9.17, 15) is 9.59 Å². The highest BCUT2D eigenvalue weighted by molar-refractivity contribution is 6.33. The minimum Gasteiger partial charge on any atom is -0.353 e. The zero-order valence-corrected chi connectivity index (χ0v) is 18.2. The second kappa shape index (κ2) is 8.99. The summed E-state index contributed by atoms with van der Waals surface area (Å²) in [5.41, 5.74) is 1.86. The molecule has 3 rings (SSSR count). The van der Waals surface area contributed by atoms with Gasteiger partial charge in [-0.1, -0.05) is 43.6 Å². The van der Waals surface area contributed by atoms with E-state index in [1.54, 1.807) is 16.5 Å². The summed E-state index contributed by atoms with van der Waals surface area (Å²) in [5.74, 6) is 0.309. The van der Waals surface area contributed by atoms with Crippen LogP contribution in [0.1, 0.15) is 49.7 Å². The van der Waals surface area contributed by atoms with Gasteiger partial charge in [0.1, 0.15) is 5.15 Å². The molecule has 2 amide bonds. The summed E-state index contributed by atoms with van der Waals surface area (Å²) in [6.07, 6.45) is 1.32. The average molecular weight is 417 g/mol. The number of halogens is 1. The number of para-hydroxylation sites is 1. The third kappa shape index (κ3) is 4.64. The fraction of sp³-hybridized carbons (Fsp3) is 0.500. The topological polar surface area (TPSA) is 67.2 Å². The highest BCUT2D eigenvalue weighted by Gasteiger charge is 2.31. The number of aryl methyl sites for hydroxylation is 1. The Morgan fingerprint density at radius 3 is 2.34 bits per heavy atom. The highest BCUT2D eigenvalue weighted by atomic mass is 35.5. The maximum absolute atomic E-state index is 13.1. The second-order valence-electron chi connectivity index (χ2n) is 8.11. The zero-order chi connectivity index (χ0) is 21.1. The third-order valence-electron chi connectivity index (χ3n) is 5.74. The molecule has 2 heterocycles. The molecule has 0 aliphatic carbocycles. The van der Waals surface area contributed by atoms with E-state index < -0.39 is 0 Å². The summed E-state index contributed by atoms with van der Waals surface area (Å²) in [4.78, 5) is 27.4. The van der Waals surface area contributed by atoms with E-state index >= 15 is 0 Å². The number of amides is 2. The number of aromatic nitrogens is 2. The molecule has 1 aliphatic rings. The molecule has 1 aromatic carbocycles. The van der Waals surface area contributed by atoms with Crippen molar-refractivity contribution in [3.8, 4) is 5.69 Å². The maximum atomic E-state index is 13.1. The molecule has 1 unspecified atom stereocenters. The quantitative estimate of drug-likeness (QED) is 0.805. The SMILES string of the molecule is Cc1nn(-c2ccccc2)c(Cl)c1C(=O)N1CCC(C(=O)NC(C)C(C)C)CC1. The Bertz CT molecular complexity index is 870. The van der Waals surface area contributed by atoms with Gasteiger partial charge in [0.05, 0.1) is 16.9 Å². The van der Waals surface area contributed by atoms with Gasteiger partial charge >= 0.3 is 0 Å². The summed E-state index contributed by atoms with van der Waals surface area (Å²) >= 11 is 6.53. The van der Waals surface area contributed by atoms with E-state index in [2.05, 4.69) is 24.3 Å². The van der Waals surface area contributed by atoms with Crippen LogP contribution in [-0.4, -0.2) is 45.6 Å². The van der Waals surface area contributed by atoms with E-state index in [4.69, 9.17) is 11.6 Å². The number of likely N-dealkylation sites (tertiary alicyclic amines) is 1. The Hall–Kier alpha value is -2.34. The molecule has 2 aromatic rings. The fourth-order valence-electron chi connectivity index (χ4n) is 3.49. The molecule has 0 spiro atoms. The van der Waals surface area contributed by atoms with Gasteiger partial charge in [-0.3, -0.25) is 9.59 Å². The zero-order valence-electron chi connectivity index (χ0n) is 17.5. The summed E-state index contributed by atoms with van der Waals surface area (Å²) in [6.45, 7) is 9.09. The van der Waals surface area contributed by atoms with Crippen LogP contribution in [0, 0.1) is 18.8 Å². The number of nitrogens with zero attached hydrogens (tertiary/aromatic N) is 3. The van der Waals surface area contributed by atoms with Crippen LogP contribution < -0.4 is 5.32 Å². The van der Waals surface area contributed by atoms with Gasteiger partial charge < -0.3 is 10.2 Å². The molecular weight excluding hydrogens is 388 g/mol. The van der Waals surface area contributed by atoms with Gasteiger partial charge in [0.2, 0.25) is 5.91 Å². The molecule has 1 saturated heterocycles. The van der Waals surface area contributed by atoms with E-state index in [0.29, 0.717) is 48.3 Å². The van der Waals surface area contributed by atoms with Crippen molar-refractivity contribution in [2.75, 3.05) is 13.1 Å². The van der Waals surface area contributed by atoms with Gasteiger partial charge in [0.15, 0.2) is 0 Å². The molecule has 7 heteroatoms. The first-order valence-corrected chi connectivity index (χ1v) is 10.6. The highest BCUT2D eigenvalue weighted by Crippen LogP contribution is 2.27. The van der Waals surface area contributed by atoms with E-state index in [1.165, 1.54) is 0 Å². The molecule has 0 radical (unpaired) electrons. The monoisotopic (exact) mass is 416 g/mol. The lowest BCUT2D eigenvalue weighted by molar-refractivity contribution is -0.127. The fourth-order valence-corrected chi connectivity index (χ4v) is 3.85. The van der Waals surface area contributed by atoms with Crippen molar-refractivity contribution in [3.63, 3.8) is 0 Å². The molecule has 0 bridgehead atoms. The molecule has 156 valence electrons. The molecule has 1 fully saturated rings. The molecule has 6 nitrogen and oxygen atoms in total. The van der Waals surface area contributed by atoms with Crippen LogP contribution in [0.15, 0.2) is 30.3 Å².